The molecular formula is C16H24N2O. The van der Waals surface area contributed by atoms with Gasteiger partial charge >= 0.3 is 0 Å². The Morgan fingerprint density at radius 3 is 2.58 bits per heavy atom. The number of anilines is 1. The van der Waals surface area contributed by atoms with E-state index in [4.69, 9.17) is 10.00 Å². The summed E-state index contributed by atoms with van der Waals surface area (Å²) in [7, 11) is 1.64. The number of benzene rings is 1. The van der Waals surface area contributed by atoms with Gasteiger partial charge in [0.25, 0.3) is 0 Å². The number of rotatable bonds is 7. The fourth-order valence-electron chi connectivity index (χ4n) is 2.04. The molecule has 0 aromatic heterocycles. The van der Waals surface area contributed by atoms with E-state index in [1.807, 2.05) is 12.1 Å². The van der Waals surface area contributed by atoms with Crippen molar-refractivity contribution in [2.45, 2.75) is 46.1 Å². The van der Waals surface area contributed by atoms with Gasteiger partial charge in [0.2, 0.25) is 0 Å². The zero-order valence-corrected chi connectivity index (χ0v) is 12.4. The van der Waals surface area contributed by atoms with Gasteiger partial charge in [0.05, 0.1) is 18.4 Å². The maximum Gasteiger partial charge on any atom is 0.121 e. The average Bonchev–Trinajstić information content (AvgIpc) is 2.38. The van der Waals surface area contributed by atoms with Gasteiger partial charge in [0.1, 0.15) is 11.8 Å². The van der Waals surface area contributed by atoms with Gasteiger partial charge in [-0.15, -0.1) is 0 Å². The van der Waals surface area contributed by atoms with Crippen LogP contribution in [0, 0.1) is 17.2 Å². The predicted octanol–water partition coefficient (Wildman–Crippen LogP) is 4.19. The molecule has 0 amide bonds. The van der Waals surface area contributed by atoms with Crippen molar-refractivity contribution in [1.82, 2.24) is 0 Å². The van der Waals surface area contributed by atoms with Crippen molar-refractivity contribution in [3.05, 3.63) is 23.8 Å². The van der Waals surface area contributed by atoms with Crippen LogP contribution in [0.2, 0.25) is 0 Å². The minimum absolute atomic E-state index is 0.359. The van der Waals surface area contributed by atoms with Crippen molar-refractivity contribution in [3.63, 3.8) is 0 Å². The van der Waals surface area contributed by atoms with E-state index in [9.17, 15) is 0 Å². The van der Waals surface area contributed by atoms with Crippen LogP contribution in [0.1, 0.15) is 45.6 Å². The third-order valence-corrected chi connectivity index (χ3v) is 3.17. The fourth-order valence-corrected chi connectivity index (χ4v) is 2.04. The fraction of sp³-hybridized carbons (Fsp3) is 0.562. The van der Waals surface area contributed by atoms with Crippen LogP contribution in [-0.2, 0) is 0 Å². The molecule has 1 N–H and O–H groups in total. The molecular weight excluding hydrogens is 236 g/mol. The molecule has 0 heterocycles. The molecule has 0 aliphatic rings. The molecule has 0 radical (unpaired) electrons. The Morgan fingerprint density at radius 1 is 1.26 bits per heavy atom. The van der Waals surface area contributed by atoms with Gasteiger partial charge in [-0.1, -0.05) is 26.7 Å². The minimum atomic E-state index is 0.359. The standard InChI is InChI=1S/C16H24N2O/c1-12(2)6-5-7-13(3)18-16-10-15(19-4)9-8-14(16)11-17/h8-10,12-13,18H,5-7H2,1-4H3. The largest absolute Gasteiger partial charge is 0.497 e. The predicted molar refractivity (Wildman–Crippen MR) is 79.5 cm³/mol. The maximum atomic E-state index is 9.11. The Kier molecular flexibility index (Phi) is 6.21. The van der Waals surface area contributed by atoms with Gasteiger partial charge in [0.15, 0.2) is 0 Å². The molecule has 0 saturated heterocycles. The first-order valence-electron chi connectivity index (χ1n) is 6.91. The second kappa shape index (κ2) is 7.68. The molecule has 3 nitrogen and oxygen atoms in total. The van der Waals surface area contributed by atoms with Gasteiger partial charge in [-0.2, -0.15) is 5.26 Å². The van der Waals surface area contributed by atoms with Gasteiger partial charge in [-0.3, -0.25) is 0 Å². The van der Waals surface area contributed by atoms with Crippen LogP contribution < -0.4 is 10.1 Å². The molecule has 3 heteroatoms. The first-order chi connectivity index (χ1) is 9.06. The number of hydrogen-bond donors (Lipinski definition) is 1. The van der Waals surface area contributed by atoms with Gasteiger partial charge in [0, 0.05) is 12.1 Å². The highest BCUT2D eigenvalue weighted by atomic mass is 16.5. The number of hydrogen-bond acceptors (Lipinski definition) is 3. The molecule has 0 spiro atoms. The summed E-state index contributed by atoms with van der Waals surface area (Å²) in [4.78, 5) is 0. The third-order valence-electron chi connectivity index (χ3n) is 3.17. The van der Waals surface area contributed by atoms with E-state index in [1.165, 1.54) is 12.8 Å². The molecule has 1 atom stereocenters. The highest BCUT2D eigenvalue weighted by Gasteiger charge is 2.08. The van der Waals surface area contributed by atoms with E-state index in [1.54, 1.807) is 13.2 Å². The first-order valence-corrected chi connectivity index (χ1v) is 6.91. The number of ether oxygens (including phenoxy) is 1. The van der Waals surface area contributed by atoms with Crippen molar-refractivity contribution in [2.75, 3.05) is 12.4 Å². The highest BCUT2D eigenvalue weighted by Crippen LogP contribution is 2.23. The molecule has 19 heavy (non-hydrogen) atoms. The number of methoxy groups -OCH3 is 1. The third kappa shape index (κ3) is 5.21. The summed E-state index contributed by atoms with van der Waals surface area (Å²) in [5.41, 5.74) is 1.52. The Hall–Kier alpha value is -1.69. The second-order valence-corrected chi connectivity index (χ2v) is 5.39. The molecule has 104 valence electrons. The van der Waals surface area contributed by atoms with E-state index in [0.29, 0.717) is 11.6 Å². The molecule has 0 aliphatic heterocycles. The van der Waals surface area contributed by atoms with Crippen LogP contribution in [0.4, 0.5) is 5.69 Å². The van der Waals surface area contributed by atoms with E-state index < -0.39 is 0 Å². The number of nitrogens with one attached hydrogen (secondary N) is 1. The molecule has 1 aromatic rings. The van der Waals surface area contributed by atoms with E-state index in [2.05, 4.69) is 32.2 Å². The molecule has 0 aliphatic carbocycles. The summed E-state index contributed by atoms with van der Waals surface area (Å²) in [6.07, 6.45) is 3.56. The van der Waals surface area contributed by atoms with Crippen LogP contribution in [-0.4, -0.2) is 13.2 Å². The average molecular weight is 260 g/mol. The Balaban J connectivity index is 2.62. The van der Waals surface area contributed by atoms with Crippen molar-refractivity contribution in [2.24, 2.45) is 5.92 Å². The first kappa shape index (κ1) is 15.4. The monoisotopic (exact) mass is 260 g/mol. The summed E-state index contributed by atoms with van der Waals surface area (Å²) in [6.45, 7) is 6.64. The summed E-state index contributed by atoms with van der Waals surface area (Å²) >= 11 is 0. The summed E-state index contributed by atoms with van der Waals surface area (Å²) in [5, 5.41) is 12.5. The summed E-state index contributed by atoms with van der Waals surface area (Å²) in [6, 6.07) is 8.06. The van der Waals surface area contributed by atoms with E-state index >= 15 is 0 Å². The normalized spacial score (nSPS) is 12.0. The summed E-state index contributed by atoms with van der Waals surface area (Å²) < 4.78 is 5.20. The quantitative estimate of drug-likeness (QED) is 0.799. The van der Waals surface area contributed by atoms with E-state index in [-0.39, 0.29) is 0 Å². The maximum absolute atomic E-state index is 9.11. The molecule has 0 fully saturated rings. The Labute approximate surface area is 116 Å². The molecule has 1 rings (SSSR count). The zero-order chi connectivity index (χ0) is 14.3. The number of nitriles is 1. The SMILES string of the molecule is COc1ccc(C#N)c(NC(C)CCCC(C)C)c1. The lowest BCUT2D eigenvalue weighted by atomic mass is 10.0. The minimum Gasteiger partial charge on any atom is -0.497 e. The lowest BCUT2D eigenvalue weighted by molar-refractivity contribution is 0.415. The number of nitrogens with zero attached hydrogens (tertiary/aromatic N) is 1. The van der Waals surface area contributed by atoms with Crippen LogP contribution >= 0.6 is 0 Å². The highest BCUT2D eigenvalue weighted by molar-refractivity contribution is 5.60. The molecule has 1 unspecified atom stereocenters. The van der Waals surface area contributed by atoms with Gasteiger partial charge in [-0.25, -0.2) is 0 Å². The van der Waals surface area contributed by atoms with Gasteiger partial charge in [-0.05, 0) is 31.4 Å². The van der Waals surface area contributed by atoms with Crippen LogP contribution in [0.3, 0.4) is 0 Å². The summed E-state index contributed by atoms with van der Waals surface area (Å²) in [5.74, 6) is 1.52. The smallest absolute Gasteiger partial charge is 0.121 e. The van der Waals surface area contributed by atoms with Gasteiger partial charge < -0.3 is 10.1 Å². The lowest BCUT2D eigenvalue weighted by Crippen LogP contribution is -2.16. The molecule has 1 aromatic carbocycles. The van der Waals surface area contributed by atoms with Crippen LogP contribution in [0.25, 0.3) is 0 Å². The topological polar surface area (TPSA) is 45.0 Å². The van der Waals surface area contributed by atoms with Crippen LogP contribution in [0.15, 0.2) is 18.2 Å². The zero-order valence-electron chi connectivity index (χ0n) is 12.4. The van der Waals surface area contributed by atoms with Crippen molar-refractivity contribution in [3.8, 4) is 11.8 Å². The van der Waals surface area contributed by atoms with Crippen molar-refractivity contribution < 1.29 is 4.74 Å². The van der Waals surface area contributed by atoms with Crippen molar-refractivity contribution >= 4 is 5.69 Å². The second-order valence-electron chi connectivity index (χ2n) is 5.39. The Bertz CT molecular complexity index is 435. The molecule has 0 bridgehead atoms. The van der Waals surface area contributed by atoms with E-state index in [0.717, 1.165) is 23.8 Å². The van der Waals surface area contributed by atoms with Crippen LogP contribution in [0.5, 0.6) is 5.75 Å². The van der Waals surface area contributed by atoms with Crippen molar-refractivity contribution in [1.29, 1.82) is 5.26 Å². The Morgan fingerprint density at radius 2 is 2.00 bits per heavy atom. The molecule has 0 saturated carbocycles. The lowest BCUT2D eigenvalue weighted by Gasteiger charge is -2.17.